The first kappa shape index (κ1) is 30.5. The number of allylic oxidation sites excluding steroid dienone is 1. The van der Waals surface area contributed by atoms with Crippen LogP contribution in [0.3, 0.4) is 0 Å². The molecule has 6 unspecified atom stereocenters. The first-order valence-electron chi connectivity index (χ1n) is 16.3. The van der Waals surface area contributed by atoms with Crippen LogP contribution < -0.4 is 18.5 Å². The summed E-state index contributed by atoms with van der Waals surface area (Å²) in [6, 6.07) is 0. The van der Waals surface area contributed by atoms with Crippen LogP contribution in [-0.2, 0) is 33.2 Å². The van der Waals surface area contributed by atoms with E-state index in [0.717, 1.165) is 76.9 Å². The third-order valence-corrected chi connectivity index (χ3v) is 16.3. The van der Waals surface area contributed by atoms with Gasteiger partial charge in [0.1, 0.15) is 56.6 Å². The lowest BCUT2D eigenvalue weighted by Crippen LogP contribution is -2.37. The van der Waals surface area contributed by atoms with E-state index in [9.17, 15) is 0 Å². The second-order valence-corrected chi connectivity index (χ2v) is 18.2. The minimum absolute atomic E-state index is 0.149. The lowest BCUT2D eigenvalue weighted by atomic mass is 10.0. The van der Waals surface area contributed by atoms with Gasteiger partial charge in [-0.05, 0) is 26.7 Å². The summed E-state index contributed by atoms with van der Waals surface area (Å²) in [5.41, 5.74) is 1.35. The zero-order chi connectivity index (χ0) is 31.2. The van der Waals surface area contributed by atoms with Crippen LogP contribution in [0.4, 0.5) is 0 Å². The third kappa shape index (κ3) is 4.83. The molecular formula is C33H34O9S5. The normalized spacial score (nSPS) is 40.0. The quantitative estimate of drug-likeness (QED) is 0.366. The molecule has 0 saturated carbocycles. The molecule has 6 atom stereocenters. The molecule has 0 aromatic carbocycles. The van der Waals surface area contributed by atoms with Gasteiger partial charge in [-0.15, -0.1) is 34.9 Å². The van der Waals surface area contributed by atoms with E-state index in [1.807, 2.05) is 11.8 Å². The zero-order valence-corrected chi connectivity index (χ0v) is 30.0. The van der Waals surface area contributed by atoms with Crippen molar-refractivity contribution in [2.24, 2.45) is 0 Å². The molecule has 0 bridgehead atoms. The summed E-state index contributed by atoms with van der Waals surface area (Å²) >= 11 is 8.93. The van der Waals surface area contributed by atoms with Crippen molar-refractivity contribution in [3.8, 4) is 11.5 Å². The Bertz CT molecular complexity index is 1670. The van der Waals surface area contributed by atoms with Crippen LogP contribution in [0.15, 0.2) is 42.5 Å². The Hall–Kier alpha value is -1.36. The van der Waals surface area contributed by atoms with Gasteiger partial charge in [-0.1, -0.05) is 23.5 Å². The van der Waals surface area contributed by atoms with E-state index in [-0.39, 0.29) is 29.7 Å². The molecule has 9 aliphatic rings. The van der Waals surface area contributed by atoms with Gasteiger partial charge in [0.2, 0.25) is 0 Å². The van der Waals surface area contributed by atoms with E-state index < -0.39 is 0 Å². The molecule has 0 spiro atoms. The first-order chi connectivity index (χ1) is 23.2. The number of rotatable bonds is 0. The van der Waals surface area contributed by atoms with Crippen molar-refractivity contribution in [3.63, 3.8) is 0 Å². The summed E-state index contributed by atoms with van der Waals surface area (Å²) in [6.45, 7) is 9.57. The maximum atomic E-state index is 6.52. The predicted octanol–water partition coefficient (Wildman–Crippen LogP) is 4.81. The van der Waals surface area contributed by atoms with Gasteiger partial charge < -0.3 is 42.6 Å². The van der Waals surface area contributed by atoms with Crippen LogP contribution >= 0.6 is 58.4 Å². The first-order valence-corrected chi connectivity index (χ1v) is 20.5. The molecular weight excluding hydrogens is 701 g/mol. The minimum Gasteiger partial charge on any atom is -0.496 e. The van der Waals surface area contributed by atoms with Gasteiger partial charge in [0.05, 0.1) is 57.5 Å². The van der Waals surface area contributed by atoms with Crippen molar-refractivity contribution < 1.29 is 42.6 Å². The highest BCUT2D eigenvalue weighted by Crippen LogP contribution is 2.58. The Balaban J connectivity index is 1.15. The van der Waals surface area contributed by atoms with E-state index in [1.54, 1.807) is 46.6 Å². The fourth-order valence-corrected chi connectivity index (χ4v) is 14.5. The molecule has 4 saturated heterocycles. The van der Waals surface area contributed by atoms with Gasteiger partial charge in [0.25, 0.3) is 0 Å². The molecule has 4 fully saturated rings. The van der Waals surface area contributed by atoms with Crippen molar-refractivity contribution in [2.45, 2.75) is 61.6 Å². The average molecular weight is 735 g/mol. The van der Waals surface area contributed by atoms with Crippen molar-refractivity contribution in [1.82, 2.24) is 0 Å². The van der Waals surface area contributed by atoms with Crippen molar-refractivity contribution in [3.05, 3.63) is 51.5 Å². The molecule has 9 nitrogen and oxygen atoms in total. The van der Waals surface area contributed by atoms with E-state index in [1.165, 1.54) is 15.4 Å². The Morgan fingerprint density at radius 1 is 0.511 bits per heavy atom. The smallest absolute Gasteiger partial charge is 0.180 e. The monoisotopic (exact) mass is 734 g/mol. The Kier molecular flexibility index (Phi) is 7.88. The fraction of sp³-hybridized carbons (Fsp3) is 0.576. The maximum absolute atomic E-state index is 6.52. The zero-order valence-electron chi connectivity index (χ0n) is 26.0. The Morgan fingerprint density at radius 2 is 1.02 bits per heavy atom. The summed E-state index contributed by atoms with van der Waals surface area (Å²) in [5.74, 6) is 4.52. The third-order valence-electron chi connectivity index (χ3n) is 9.42. The minimum atomic E-state index is -0.239. The van der Waals surface area contributed by atoms with Gasteiger partial charge in [-0.2, -0.15) is 0 Å². The van der Waals surface area contributed by atoms with E-state index >= 15 is 0 Å². The molecule has 14 heteroatoms. The van der Waals surface area contributed by atoms with Gasteiger partial charge >= 0.3 is 0 Å². The number of ether oxygens (including phenoxy) is 9. The van der Waals surface area contributed by atoms with Crippen LogP contribution in [0.25, 0.3) is 9.81 Å². The van der Waals surface area contributed by atoms with Gasteiger partial charge in [0, 0.05) is 30.1 Å². The van der Waals surface area contributed by atoms with Crippen LogP contribution in [0.5, 0.6) is 11.5 Å². The molecule has 0 aliphatic carbocycles. The lowest BCUT2D eigenvalue weighted by Gasteiger charge is -2.27. The highest BCUT2D eigenvalue weighted by atomic mass is 32.2. The number of hydrogen-bond donors (Lipinski definition) is 0. The summed E-state index contributed by atoms with van der Waals surface area (Å²) < 4.78 is 59.3. The molecule has 0 amide bonds. The second kappa shape index (κ2) is 12.2. The lowest BCUT2D eigenvalue weighted by molar-refractivity contribution is -0.0949. The summed E-state index contributed by atoms with van der Waals surface area (Å²) in [4.78, 5) is 7.02. The van der Waals surface area contributed by atoms with Crippen LogP contribution in [0, 0.1) is 0 Å². The maximum Gasteiger partial charge on any atom is 0.180 e. The molecule has 10 rings (SSSR count). The average Bonchev–Trinajstić information content (AvgIpc) is 3.92. The van der Waals surface area contributed by atoms with Crippen LogP contribution in [-0.4, -0.2) is 94.4 Å². The molecule has 0 radical (unpaired) electrons. The van der Waals surface area contributed by atoms with Gasteiger partial charge in [-0.25, -0.2) is 0 Å². The molecule has 1 aromatic heterocycles. The molecule has 9 aliphatic heterocycles. The van der Waals surface area contributed by atoms with Crippen LogP contribution in [0.1, 0.15) is 26.7 Å². The van der Waals surface area contributed by atoms with Crippen LogP contribution in [0.2, 0.25) is 0 Å². The molecule has 10 heterocycles. The van der Waals surface area contributed by atoms with Gasteiger partial charge in [-0.3, -0.25) is 0 Å². The number of thioether (sulfide) groups is 4. The number of fused-ring (bicyclic) bond motifs is 3. The Morgan fingerprint density at radius 3 is 1.68 bits per heavy atom. The summed E-state index contributed by atoms with van der Waals surface area (Å²) in [7, 11) is 0. The van der Waals surface area contributed by atoms with Crippen molar-refractivity contribution >= 4 is 68.2 Å². The fourth-order valence-electron chi connectivity index (χ4n) is 7.45. The highest BCUT2D eigenvalue weighted by molar-refractivity contribution is 8.14. The molecule has 250 valence electrons. The highest BCUT2D eigenvalue weighted by Gasteiger charge is 2.49. The number of hydrogen-bond acceptors (Lipinski definition) is 14. The Labute approximate surface area is 293 Å². The largest absolute Gasteiger partial charge is 0.496 e. The summed E-state index contributed by atoms with van der Waals surface area (Å²) in [6.07, 6.45) is 1.28. The standard InChI is InChI=1S/C33H34O9S5/c1-14-17-16(4-3-5-34-17)26(43-14)27-20-21(38-9-8-37-20)30(45-27)31-24-25(42-13-12-41-24)33(47-31)32-23-22(39-10-11-40-23)29(46-32)28-19-18(15(2)44-28)35-6-7-36-19/h14-15,20-23H,3-13H2,1-2H3/b27-26+,29-28+,31-30+,33-32+. The molecule has 1 aromatic rings. The molecule has 0 N–H and O–H groups in total. The second-order valence-electron chi connectivity index (χ2n) is 12.3. The molecule has 47 heavy (non-hydrogen) atoms. The van der Waals surface area contributed by atoms with E-state index in [2.05, 4.69) is 13.8 Å². The van der Waals surface area contributed by atoms with E-state index in [0.29, 0.717) is 58.1 Å². The SMILES string of the molecule is CC1S/C(=C2/S/C(=c3/s/c(=C4/S/C(=C5/SC(C)C6=C5OCCO6)C5OCCOC45)c4c3OCCO4)C3OCCOC23)C2=C1OCCC2. The van der Waals surface area contributed by atoms with Crippen molar-refractivity contribution in [1.29, 1.82) is 0 Å². The van der Waals surface area contributed by atoms with Gasteiger partial charge in [0.15, 0.2) is 23.0 Å². The number of thiophene rings is 1. The van der Waals surface area contributed by atoms with Crippen molar-refractivity contribution in [2.75, 3.05) is 59.5 Å². The van der Waals surface area contributed by atoms with E-state index in [4.69, 9.17) is 42.6 Å². The topological polar surface area (TPSA) is 83.1 Å². The predicted molar refractivity (Wildman–Crippen MR) is 185 cm³/mol. The summed E-state index contributed by atoms with van der Waals surface area (Å²) in [5, 5.41) is 0.498.